The minimum Gasteiger partial charge on any atom is -0.395 e. The van der Waals surface area contributed by atoms with E-state index < -0.39 is 0 Å². The SMILES string of the molecule is Cc1ccc(C(=O)CN2CCCCCC2CO)s1. The average Bonchev–Trinajstić information content (AvgIpc) is 2.67. The van der Waals surface area contributed by atoms with Crippen molar-refractivity contribution in [3.8, 4) is 0 Å². The van der Waals surface area contributed by atoms with E-state index in [2.05, 4.69) is 4.90 Å². The predicted molar refractivity (Wildman–Crippen MR) is 74.3 cm³/mol. The summed E-state index contributed by atoms with van der Waals surface area (Å²) in [6.45, 7) is 3.56. The molecule has 0 saturated carbocycles. The Morgan fingerprint density at radius 1 is 1.44 bits per heavy atom. The molecule has 1 fully saturated rings. The lowest BCUT2D eigenvalue weighted by molar-refractivity contribution is 0.0830. The summed E-state index contributed by atoms with van der Waals surface area (Å²) in [4.78, 5) is 16.4. The molecule has 1 aromatic heterocycles. The summed E-state index contributed by atoms with van der Waals surface area (Å²) in [7, 11) is 0. The third kappa shape index (κ3) is 3.40. The summed E-state index contributed by atoms with van der Waals surface area (Å²) in [5.74, 6) is 0.188. The van der Waals surface area contributed by atoms with Crippen molar-refractivity contribution in [2.24, 2.45) is 0 Å². The Morgan fingerprint density at radius 2 is 2.28 bits per heavy atom. The zero-order valence-electron chi connectivity index (χ0n) is 10.9. The van der Waals surface area contributed by atoms with Crippen molar-refractivity contribution < 1.29 is 9.90 Å². The van der Waals surface area contributed by atoms with E-state index in [9.17, 15) is 9.90 Å². The average molecular weight is 267 g/mol. The van der Waals surface area contributed by atoms with E-state index in [1.54, 1.807) is 11.3 Å². The number of carbonyl (C=O) groups is 1. The Kier molecular flexibility index (Phi) is 4.92. The summed E-state index contributed by atoms with van der Waals surface area (Å²) in [6, 6.07) is 4.07. The molecule has 1 aromatic rings. The van der Waals surface area contributed by atoms with E-state index in [4.69, 9.17) is 0 Å². The van der Waals surface area contributed by atoms with Crippen molar-refractivity contribution >= 4 is 17.1 Å². The number of aliphatic hydroxyl groups is 1. The van der Waals surface area contributed by atoms with Gasteiger partial charge in [0.1, 0.15) is 0 Å². The van der Waals surface area contributed by atoms with Gasteiger partial charge in [0.2, 0.25) is 0 Å². The van der Waals surface area contributed by atoms with Gasteiger partial charge in [0.15, 0.2) is 5.78 Å². The number of rotatable bonds is 4. The lowest BCUT2D eigenvalue weighted by Crippen LogP contribution is -2.40. The number of Topliss-reactive ketones (excluding diaryl/α,β-unsaturated/α-hetero) is 1. The molecule has 0 radical (unpaired) electrons. The van der Waals surface area contributed by atoms with Crippen LogP contribution >= 0.6 is 11.3 Å². The van der Waals surface area contributed by atoms with E-state index in [-0.39, 0.29) is 18.4 Å². The first-order chi connectivity index (χ1) is 8.70. The maximum Gasteiger partial charge on any atom is 0.186 e. The van der Waals surface area contributed by atoms with E-state index in [0.717, 1.165) is 30.7 Å². The van der Waals surface area contributed by atoms with Crippen LogP contribution in [0.1, 0.15) is 40.2 Å². The van der Waals surface area contributed by atoms with Gasteiger partial charge in [0.25, 0.3) is 0 Å². The molecule has 2 rings (SSSR count). The molecule has 1 saturated heterocycles. The van der Waals surface area contributed by atoms with E-state index in [1.807, 2.05) is 19.1 Å². The molecule has 1 atom stereocenters. The third-order valence-corrected chi connectivity index (χ3v) is 4.61. The second-order valence-electron chi connectivity index (χ2n) is 4.99. The van der Waals surface area contributed by atoms with Crippen molar-refractivity contribution in [1.29, 1.82) is 0 Å². The van der Waals surface area contributed by atoms with Crippen molar-refractivity contribution in [2.75, 3.05) is 19.7 Å². The largest absolute Gasteiger partial charge is 0.395 e. The molecule has 0 amide bonds. The minimum atomic E-state index is 0.163. The topological polar surface area (TPSA) is 40.5 Å². The number of nitrogens with zero attached hydrogens (tertiary/aromatic N) is 1. The van der Waals surface area contributed by atoms with Crippen molar-refractivity contribution in [3.05, 3.63) is 21.9 Å². The van der Waals surface area contributed by atoms with Crippen molar-refractivity contribution in [2.45, 2.75) is 38.6 Å². The van der Waals surface area contributed by atoms with E-state index in [1.165, 1.54) is 11.3 Å². The summed E-state index contributed by atoms with van der Waals surface area (Å²) in [6.07, 6.45) is 4.51. The third-order valence-electron chi connectivity index (χ3n) is 3.57. The molecule has 1 N–H and O–H groups in total. The molecule has 4 heteroatoms. The van der Waals surface area contributed by atoms with Crippen LogP contribution in [-0.2, 0) is 0 Å². The number of aliphatic hydroxyl groups excluding tert-OH is 1. The van der Waals surface area contributed by atoms with Crippen LogP contribution in [-0.4, -0.2) is 41.5 Å². The molecular weight excluding hydrogens is 246 g/mol. The Balaban J connectivity index is 1.99. The molecule has 0 spiro atoms. The highest BCUT2D eigenvalue weighted by Gasteiger charge is 2.23. The molecule has 1 aliphatic heterocycles. The molecule has 0 bridgehead atoms. The van der Waals surface area contributed by atoms with Gasteiger partial charge in [-0.1, -0.05) is 12.8 Å². The molecule has 2 heterocycles. The monoisotopic (exact) mass is 267 g/mol. The quantitative estimate of drug-likeness (QED) is 0.852. The summed E-state index contributed by atoms with van der Waals surface area (Å²) < 4.78 is 0. The van der Waals surface area contributed by atoms with Crippen LogP contribution < -0.4 is 0 Å². The molecule has 0 aliphatic carbocycles. The fourth-order valence-electron chi connectivity index (χ4n) is 2.50. The standard InChI is InChI=1S/C14H21NO2S/c1-11-6-7-14(18-11)13(17)9-15-8-4-2-3-5-12(15)10-16/h6-7,12,16H,2-5,8-10H2,1H3. The number of carbonyl (C=O) groups excluding carboxylic acids is 1. The van der Waals surface area contributed by atoms with Crippen molar-refractivity contribution in [1.82, 2.24) is 4.90 Å². The molecule has 3 nitrogen and oxygen atoms in total. The Morgan fingerprint density at radius 3 is 2.94 bits per heavy atom. The second-order valence-corrected chi connectivity index (χ2v) is 6.28. The first kappa shape index (κ1) is 13.7. The molecule has 18 heavy (non-hydrogen) atoms. The maximum absolute atomic E-state index is 12.2. The molecule has 0 aromatic carbocycles. The fourth-order valence-corrected chi connectivity index (χ4v) is 3.30. The van der Waals surface area contributed by atoms with Crippen LogP contribution in [0.2, 0.25) is 0 Å². The lowest BCUT2D eigenvalue weighted by Gasteiger charge is -2.27. The van der Waals surface area contributed by atoms with Crippen LogP contribution in [0, 0.1) is 6.92 Å². The normalized spacial score (nSPS) is 21.8. The molecule has 1 unspecified atom stereocenters. The van der Waals surface area contributed by atoms with Gasteiger partial charge < -0.3 is 5.11 Å². The number of hydrogen-bond donors (Lipinski definition) is 1. The van der Waals surface area contributed by atoms with Crippen LogP contribution in [0.15, 0.2) is 12.1 Å². The van der Waals surface area contributed by atoms with Gasteiger partial charge in [-0.05, 0) is 38.4 Å². The smallest absolute Gasteiger partial charge is 0.186 e. The second kappa shape index (κ2) is 6.45. The summed E-state index contributed by atoms with van der Waals surface area (Å²) in [5, 5.41) is 9.42. The van der Waals surface area contributed by atoms with Gasteiger partial charge in [-0.25, -0.2) is 0 Å². The molecule has 1 aliphatic rings. The Labute approximate surface area is 112 Å². The number of hydrogen-bond acceptors (Lipinski definition) is 4. The minimum absolute atomic E-state index is 0.163. The number of thiophene rings is 1. The number of aryl methyl sites for hydroxylation is 1. The highest BCUT2D eigenvalue weighted by atomic mass is 32.1. The highest BCUT2D eigenvalue weighted by Crippen LogP contribution is 2.19. The number of ketones is 1. The van der Waals surface area contributed by atoms with Gasteiger partial charge >= 0.3 is 0 Å². The molecule has 100 valence electrons. The van der Waals surface area contributed by atoms with Crippen molar-refractivity contribution in [3.63, 3.8) is 0 Å². The van der Waals surface area contributed by atoms with Gasteiger partial charge in [-0.3, -0.25) is 9.69 Å². The van der Waals surface area contributed by atoms with Crippen LogP contribution in [0.5, 0.6) is 0 Å². The van der Waals surface area contributed by atoms with Gasteiger partial charge in [-0.15, -0.1) is 11.3 Å². The van der Waals surface area contributed by atoms with Gasteiger partial charge in [0, 0.05) is 10.9 Å². The Hall–Kier alpha value is -0.710. The van der Waals surface area contributed by atoms with Crippen LogP contribution in [0.4, 0.5) is 0 Å². The van der Waals surface area contributed by atoms with Gasteiger partial charge in [-0.2, -0.15) is 0 Å². The zero-order chi connectivity index (χ0) is 13.0. The first-order valence-corrected chi connectivity index (χ1v) is 7.47. The molecular formula is C14H21NO2S. The van der Waals surface area contributed by atoms with Gasteiger partial charge in [0.05, 0.1) is 18.0 Å². The highest BCUT2D eigenvalue weighted by molar-refractivity contribution is 7.14. The summed E-state index contributed by atoms with van der Waals surface area (Å²) in [5.41, 5.74) is 0. The number of likely N-dealkylation sites (tertiary alicyclic amines) is 1. The maximum atomic E-state index is 12.2. The first-order valence-electron chi connectivity index (χ1n) is 6.65. The fraction of sp³-hybridized carbons (Fsp3) is 0.643. The Bertz CT molecular complexity index is 402. The van der Waals surface area contributed by atoms with E-state index in [0.29, 0.717) is 6.54 Å². The predicted octanol–water partition coefficient (Wildman–Crippen LogP) is 2.48. The van der Waals surface area contributed by atoms with E-state index >= 15 is 0 Å². The van der Waals surface area contributed by atoms with Crippen LogP contribution in [0.25, 0.3) is 0 Å². The summed E-state index contributed by atoms with van der Waals surface area (Å²) >= 11 is 1.56. The van der Waals surface area contributed by atoms with Crippen LogP contribution in [0.3, 0.4) is 0 Å². The lowest BCUT2D eigenvalue weighted by atomic mass is 10.1. The zero-order valence-corrected chi connectivity index (χ0v) is 11.7.